The topological polar surface area (TPSA) is 47.1 Å². The molecule has 4 heteroatoms. The highest BCUT2D eigenvalue weighted by Crippen LogP contribution is 2.28. The van der Waals surface area contributed by atoms with Gasteiger partial charge in [-0.15, -0.1) is 0 Å². The predicted octanol–water partition coefficient (Wildman–Crippen LogP) is 1.79. The van der Waals surface area contributed by atoms with Crippen LogP contribution in [0.4, 0.5) is 0 Å². The first-order chi connectivity index (χ1) is 9.69. The molecule has 0 fully saturated rings. The van der Waals surface area contributed by atoms with Gasteiger partial charge in [-0.1, -0.05) is 24.3 Å². The Morgan fingerprint density at radius 3 is 2.70 bits per heavy atom. The van der Waals surface area contributed by atoms with Crippen LogP contribution in [0.5, 0.6) is 0 Å². The molecule has 0 bridgehead atoms. The number of hydrogen-bond donors (Lipinski definition) is 1. The maximum absolute atomic E-state index is 6.06. The monoisotopic (exact) mass is 270 g/mol. The lowest BCUT2D eigenvalue weighted by Gasteiger charge is -2.35. The largest absolute Gasteiger partial charge is 0.329 e. The van der Waals surface area contributed by atoms with E-state index in [1.54, 1.807) is 0 Å². The number of nitrogens with two attached hydrogens (primary N) is 1. The van der Waals surface area contributed by atoms with Gasteiger partial charge in [0.25, 0.3) is 0 Å². The van der Waals surface area contributed by atoms with E-state index < -0.39 is 0 Å². The Morgan fingerprint density at radius 2 is 2.05 bits per heavy atom. The van der Waals surface area contributed by atoms with Gasteiger partial charge in [0.1, 0.15) is 0 Å². The molecular formula is C16H22N4. The summed E-state index contributed by atoms with van der Waals surface area (Å²) < 4.78 is 1.88. The Labute approximate surface area is 120 Å². The second-order valence-corrected chi connectivity index (χ2v) is 5.58. The van der Waals surface area contributed by atoms with Crippen LogP contribution >= 0.6 is 0 Å². The van der Waals surface area contributed by atoms with Gasteiger partial charge in [-0.3, -0.25) is 9.58 Å². The molecule has 20 heavy (non-hydrogen) atoms. The standard InChI is InChI=1S/C16H22N4/c1-12-15(11-19(2)18-12)16(9-17)20-8-7-13-5-3-4-6-14(13)10-20/h3-6,11,16H,7-10,17H2,1-2H3. The minimum absolute atomic E-state index is 0.261. The molecule has 0 aliphatic carbocycles. The molecule has 1 aromatic carbocycles. The van der Waals surface area contributed by atoms with E-state index in [0.29, 0.717) is 6.54 Å². The van der Waals surface area contributed by atoms with Gasteiger partial charge in [-0.25, -0.2) is 0 Å². The summed E-state index contributed by atoms with van der Waals surface area (Å²) in [7, 11) is 1.97. The highest BCUT2D eigenvalue weighted by molar-refractivity contribution is 5.30. The Kier molecular flexibility index (Phi) is 3.59. The fraction of sp³-hybridized carbons (Fsp3) is 0.438. The van der Waals surface area contributed by atoms with E-state index in [-0.39, 0.29) is 6.04 Å². The van der Waals surface area contributed by atoms with Crippen LogP contribution in [0.15, 0.2) is 30.5 Å². The van der Waals surface area contributed by atoms with Gasteiger partial charge in [0.2, 0.25) is 0 Å². The van der Waals surface area contributed by atoms with Crippen molar-refractivity contribution in [2.75, 3.05) is 13.1 Å². The highest BCUT2D eigenvalue weighted by atomic mass is 15.3. The zero-order chi connectivity index (χ0) is 14.1. The van der Waals surface area contributed by atoms with Crippen molar-refractivity contribution in [3.8, 4) is 0 Å². The maximum atomic E-state index is 6.06. The molecule has 1 aliphatic heterocycles. The minimum atomic E-state index is 0.261. The lowest BCUT2D eigenvalue weighted by atomic mass is 9.96. The van der Waals surface area contributed by atoms with Crippen molar-refractivity contribution in [3.63, 3.8) is 0 Å². The molecule has 1 unspecified atom stereocenters. The van der Waals surface area contributed by atoms with E-state index in [1.165, 1.54) is 16.7 Å². The molecule has 1 aromatic heterocycles. The molecule has 0 saturated heterocycles. The van der Waals surface area contributed by atoms with Crippen molar-refractivity contribution in [2.45, 2.75) is 25.9 Å². The van der Waals surface area contributed by atoms with E-state index in [4.69, 9.17) is 5.73 Å². The van der Waals surface area contributed by atoms with Crippen molar-refractivity contribution in [1.82, 2.24) is 14.7 Å². The molecule has 1 aliphatic rings. The van der Waals surface area contributed by atoms with Gasteiger partial charge in [-0.05, 0) is 24.5 Å². The minimum Gasteiger partial charge on any atom is -0.329 e. The SMILES string of the molecule is Cc1nn(C)cc1C(CN)N1CCc2ccccc2C1. The molecule has 4 nitrogen and oxygen atoms in total. The third-order valence-corrected chi connectivity index (χ3v) is 4.23. The third-order valence-electron chi connectivity index (χ3n) is 4.23. The molecule has 0 radical (unpaired) electrons. The van der Waals surface area contributed by atoms with Crippen molar-refractivity contribution < 1.29 is 0 Å². The van der Waals surface area contributed by atoms with Crippen molar-refractivity contribution in [2.24, 2.45) is 12.8 Å². The van der Waals surface area contributed by atoms with Gasteiger partial charge >= 0.3 is 0 Å². The van der Waals surface area contributed by atoms with Gasteiger partial charge in [0, 0.05) is 38.4 Å². The molecule has 0 amide bonds. The summed E-state index contributed by atoms with van der Waals surface area (Å²) in [4.78, 5) is 2.48. The Bertz CT molecular complexity index is 602. The molecule has 106 valence electrons. The number of aryl methyl sites for hydroxylation is 2. The van der Waals surface area contributed by atoms with Crippen LogP contribution in [0, 0.1) is 6.92 Å². The van der Waals surface area contributed by atoms with E-state index >= 15 is 0 Å². The zero-order valence-corrected chi connectivity index (χ0v) is 12.2. The lowest BCUT2D eigenvalue weighted by Crippen LogP contribution is -2.37. The summed E-state index contributed by atoms with van der Waals surface area (Å²) in [5.74, 6) is 0. The van der Waals surface area contributed by atoms with E-state index in [2.05, 4.69) is 47.4 Å². The number of rotatable bonds is 3. The first-order valence-corrected chi connectivity index (χ1v) is 7.20. The molecule has 2 aromatic rings. The smallest absolute Gasteiger partial charge is 0.0641 e. The van der Waals surface area contributed by atoms with E-state index in [9.17, 15) is 0 Å². The fourth-order valence-electron chi connectivity index (χ4n) is 3.20. The second-order valence-electron chi connectivity index (χ2n) is 5.58. The van der Waals surface area contributed by atoms with Crippen LogP contribution in [0.1, 0.15) is 28.4 Å². The summed E-state index contributed by atoms with van der Waals surface area (Å²) in [6.07, 6.45) is 3.21. The average Bonchev–Trinajstić information content (AvgIpc) is 2.78. The maximum Gasteiger partial charge on any atom is 0.0641 e. The Balaban J connectivity index is 1.87. The van der Waals surface area contributed by atoms with Gasteiger partial charge in [0.05, 0.1) is 11.7 Å². The number of benzene rings is 1. The number of aromatic nitrogens is 2. The Morgan fingerprint density at radius 1 is 1.30 bits per heavy atom. The van der Waals surface area contributed by atoms with Crippen LogP contribution < -0.4 is 5.73 Å². The first-order valence-electron chi connectivity index (χ1n) is 7.20. The first kappa shape index (κ1) is 13.3. The molecule has 0 spiro atoms. The quantitative estimate of drug-likeness (QED) is 0.925. The van der Waals surface area contributed by atoms with E-state index in [0.717, 1.165) is 25.2 Å². The van der Waals surface area contributed by atoms with Crippen LogP contribution in [-0.4, -0.2) is 27.8 Å². The van der Waals surface area contributed by atoms with Crippen molar-refractivity contribution >= 4 is 0 Å². The molecule has 0 saturated carbocycles. The predicted molar refractivity (Wildman–Crippen MR) is 80.3 cm³/mol. The molecule has 2 N–H and O–H groups in total. The number of nitrogens with zero attached hydrogens (tertiary/aromatic N) is 3. The van der Waals surface area contributed by atoms with Crippen LogP contribution in [0.25, 0.3) is 0 Å². The summed E-state index contributed by atoms with van der Waals surface area (Å²) in [5, 5.41) is 4.45. The van der Waals surface area contributed by atoms with Gasteiger partial charge in [0.15, 0.2) is 0 Å². The molecule has 2 heterocycles. The normalized spacial score (nSPS) is 16.9. The molecular weight excluding hydrogens is 248 g/mol. The third kappa shape index (κ3) is 2.37. The second kappa shape index (κ2) is 5.38. The summed E-state index contributed by atoms with van der Waals surface area (Å²) in [6.45, 7) is 4.74. The van der Waals surface area contributed by atoms with Gasteiger partial charge in [-0.2, -0.15) is 5.10 Å². The summed E-state index contributed by atoms with van der Waals surface area (Å²) in [5.41, 5.74) is 11.3. The van der Waals surface area contributed by atoms with E-state index in [1.807, 2.05) is 11.7 Å². The summed E-state index contributed by atoms with van der Waals surface area (Å²) in [6, 6.07) is 8.97. The number of fused-ring (bicyclic) bond motifs is 1. The molecule has 1 atom stereocenters. The zero-order valence-electron chi connectivity index (χ0n) is 12.2. The van der Waals surface area contributed by atoms with Gasteiger partial charge < -0.3 is 5.73 Å². The highest BCUT2D eigenvalue weighted by Gasteiger charge is 2.25. The summed E-state index contributed by atoms with van der Waals surface area (Å²) >= 11 is 0. The Hall–Kier alpha value is -1.65. The van der Waals surface area contributed by atoms with Crippen molar-refractivity contribution in [1.29, 1.82) is 0 Å². The van der Waals surface area contributed by atoms with Crippen molar-refractivity contribution in [3.05, 3.63) is 52.8 Å². The average molecular weight is 270 g/mol. The molecule has 3 rings (SSSR count). The van der Waals surface area contributed by atoms with Crippen LogP contribution in [0.2, 0.25) is 0 Å². The van der Waals surface area contributed by atoms with Crippen LogP contribution in [0.3, 0.4) is 0 Å². The fourth-order valence-corrected chi connectivity index (χ4v) is 3.20. The number of hydrogen-bond acceptors (Lipinski definition) is 3. The van der Waals surface area contributed by atoms with Crippen LogP contribution in [-0.2, 0) is 20.0 Å². The lowest BCUT2D eigenvalue weighted by molar-refractivity contribution is 0.183.